The summed E-state index contributed by atoms with van der Waals surface area (Å²) in [6.07, 6.45) is 0.888. The second kappa shape index (κ2) is 4.45. The van der Waals surface area contributed by atoms with Gasteiger partial charge in [0, 0.05) is 0 Å². The Kier molecular flexibility index (Phi) is 4.54. The highest BCUT2D eigenvalue weighted by atomic mass is 32.2. The normalized spacial score (nSPS) is 13.3. The van der Waals surface area contributed by atoms with Gasteiger partial charge >= 0.3 is 18.3 Å². The Bertz CT molecular complexity index is 211. The summed E-state index contributed by atoms with van der Waals surface area (Å²) in [6.45, 7) is 0. The van der Waals surface area contributed by atoms with Crippen LogP contribution in [0.1, 0.15) is 0 Å². The molecule has 0 fully saturated rings. The van der Waals surface area contributed by atoms with Crippen molar-refractivity contribution in [3.05, 3.63) is 0 Å². The third-order valence-electron chi connectivity index (χ3n) is 0.898. The minimum Gasteiger partial charge on any atom is -0.196 e. The van der Waals surface area contributed by atoms with Gasteiger partial charge < -0.3 is 0 Å². The van der Waals surface area contributed by atoms with Crippen LogP contribution in [-0.2, 0) is 27.7 Å². The summed E-state index contributed by atoms with van der Waals surface area (Å²) in [5, 5.41) is 0. The molecule has 0 aliphatic carbocycles. The predicted octanol–water partition coefficient (Wildman–Crippen LogP) is 0.579. The fourth-order valence-corrected chi connectivity index (χ4v) is 2.98. The average molecular weight is 219 g/mol. The molecule has 0 amide bonds. The van der Waals surface area contributed by atoms with Crippen molar-refractivity contribution in [1.82, 2.24) is 0 Å². The molecule has 0 spiro atoms. The van der Waals surface area contributed by atoms with Gasteiger partial charge in [-0.1, -0.05) is 0 Å². The smallest absolute Gasteiger partial charge is 0.196 e. The van der Waals surface area contributed by atoms with Crippen LogP contribution in [0.25, 0.3) is 0 Å². The van der Waals surface area contributed by atoms with Crippen LogP contribution in [0, 0.1) is 0 Å². The van der Waals surface area contributed by atoms with Crippen LogP contribution in [0.4, 0.5) is 0 Å². The fourth-order valence-electron chi connectivity index (χ4n) is 0.481. The van der Waals surface area contributed by atoms with Crippen molar-refractivity contribution in [1.29, 1.82) is 0 Å². The van der Waals surface area contributed by atoms with Crippen molar-refractivity contribution in [2.45, 2.75) is 0 Å². The van der Waals surface area contributed by atoms with Crippen LogP contribution >= 0.6 is 8.17 Å². The van der Waals surface area contributed by atoms with Gasteiger partial charge in [-0.2, -0.15) is 22.0 Å². The monoisotopic (exact) mass is 219 g/mol. The topological polar surface area (TPSA) is 71.1 Å². The summed E-state index contributed by atoms with van der Waals surface area (Å²) in [5.74, 6) is 0. The van der Waals surface area contributed by atoms with Crippen LogP contribution in [0.2, 0.25) is 0 Å². The van der Waals surface area contributed by atoms with Crippen LogP contribution in [0.15, 0.2) is 0 Å². The van der Waals surface area contributed by atoms with Crippen molar-refractivity contribution in [3.8, 4) is 0 Å². The maximum atomic E-state index is 10.7. The van der Waals surface area contributed by atoms with Crippen molar-refractivity contribution < 1.29 is 26.0 Å². The molecule has 8 heteroatoms. The van der Waals surface area contributed by atoms with E-state index in [1.54, 1.807) is 0 Å². The van der Waals surface area contributed by atoms with Gasteiger partial charge in [-0.25, -0.2) is 0 Å². The maximum absolute atomic E-state index is 10.7. The molecule has 0 unspecified atom stereocenters. The largest absolute Gasteiger partial charge is 0.591 e. The van der Waals surface area contributed by atoms with Gasteiger partial charge in [-0.05, 0) is 3.97 Å². The van der Waals surface area contributed by atoms with Crippen LogP contribution < -0.4 is 0 Å². The van der Waals surface area contributed by atoms with E-state index in [1.165, 1.54) is 21.3 Å². The lowest BCUT2D eigenvalue weighted by molar-refractivity contribution is 0.150. The SMILES string of the molecule is CO[P+](OC)(OC)OS(C)(=O)=O. The first kappa shape index (κ1) is 12.2. The summed E-state index contributed by atoms with van der Waals surface area (Å²) in [7, 11) is -3.07. The van der Waals surface area contributed by atoms with Gasteiger partial charge in [-0.3, -0.25) is 0 Å². The van der Waals surface area contributed by atoms with Gasteiger partial charge in [0.25, 0.3) is 0 Å². The van der Waals surface area contributed by atoms with Crippen molar-refractivity contribution in [3.63, 3.8) is 0 Å². The first-order valence-electron chi connectivity index (χ1n) is 2.86. The molecule has 0 saturated carbocycles. The number of hydrogen-bond donors (Lipinski definition) is 0. The van der Waals surface area contributed by atoms with Gasteiger partial charge in [-0.15, -0.1) is 0 Å². The maximum Gasteiger partial charge on any atom is 0.591 e. The van der Waals surface area contributed by atoms with Crippen molar-refractivity contribution in [2.24, 2.45) is 0 Å². The highest BCUT2D eigenvalue weighted by Crippen LogP contribution is 2.62. The Balaban J connectivity index is 4.52. The Labute approximate surface area is 72.6 Å². The zero-order chi connectivity index (χ0) is 9.83. The summed E-state index contributed by atoms with van der Waals surface area (Å²) in [6, 6.07) is 0. The van der Waals surface area contributed by atoms with E-state index in [1.807, 2.05) is 0 Å². The van der Waals surface area contributed by atoms with E-state index >= 15 is 0 Å². The molecular weight excluding hydrogens is 207 g/mol. The van der Waals surface area contributed by atoms with E-state index in [9.17, 15) is 8.42 Å². The predicted molar refractivity (Wildman–Crippen MR) is 43.9 cm³/mol. The molecule has 0 aliphatic heterocycles. The highest BCUT2D eigenvalue weighted by molar-refractivity contribution is 7.90. The molecule has 0 aromatic heterocycles. The van der Waals surface area contributed by atoms with E-state index in [0.717, 1.165) is 6.26 Å². The molecule has 0 atom stereocenters. The van der Waals surface area contributed by atoms with E-state index in [-0.39, 0.29) is 0 Å². The third kappa shape index (κ3) is 3.75. The van der Waals surface area contributed by atoms with Gasteiger partial charge in [0.2, 0.25) is 0 Å². The van der Waals surface area contributed by atoms with E-state index in [4.69, 9.17) is 0 Å². The molecule has 0 N–H and O–H groups in total. The molecule has 0 aromatic rings. The van der Waals surface area contributed by atoms with Crippen LogP contribution in [0.3, 0.4) is 0 Å². The molecular formula is C4H12O6PS+. The Hall–Kier alpha value is 0.220. The second-order valence-corrected chi connectivity index (χ2v) is 5.77. The summed E-state index contributed by atoms with van der Waals surface area (Å²) >= 11 is 0. The quantitative estimate of drug-likeness (QED) is 0.630. The van der Waals surface area contributed by atoms with Crippen molar-refractivity contribution >= 4 is 18.3 Å². The summed E-state index contributed by atoms with van der Waals surface area (Å²) in [5.41, 5.74) is 0. The molecule has 0 radical (unpaired) electrons. The zero-order valence-corrected chi connectivity index (χ0v) is 9.02. The second-order valence-electron chi connectivity index (χ2n) is 1.77. The molecule has 0 heterocycles. The lowest BCUT2D eigenvalue weighted by atomic mass is 11.8. The molecule has 12 heavy (non-hydrogen) atoms. The molecule has 0 rings (SSSR count). The lowest BCUT2D eigenvalue weighted by Gasteiger charge is -2.11. The van der Waals surface area contributed by atoms with E-state index in [0.29, 0.717) is 0 Å². The number of rotatable bonds is 5. The number of hydrogen-bond acceptors (Lipinski definition) is 6. The van der Waals surface area contributed by atoms with Crippen molar-refractivity contribution in [2.75, 3.05) is 27.6 Å². The van der Waals surface area contributed by atoms with Crippen LogP contribution in [0.5, 0.6) is 0 Å². The molecule has 0 bridgehead atoms. The molecule has 6 nitrogen and oxygen atoms in total. The van der Waals surface area contributed by atoms with Crippen LogP contribution in [-0.4, -0.2) is 36.0 Å². The zero-order valence-electron chi connectivity index (χ0n) is 7.30. The third-order valence-corrected chi connectivity index (χ3v) is 4.05. The minimum absolute atomic E-state index is 0.888. The first-order valence-corrected chi connectivity index (χ1v) is 6.14. The molecule has 0 aliphatic rings. The molecule has 0 saturated heterocycles. The molecule has 74 valence electrons. The fraction of sp³-hybridized carbons (Fsp3) is 1.00. The Morgan fingerprint density at radius 2 is 1.33 bits per heavy atom. The standard InChI is InChI=1S/C4H12O6PS/c1-7-11(8-2,9-3)10-12(4,5)6/h1-4H3/q+1. The van der Waals surface area contributed by atoms with Gasteiger partial charge in [0.05, 0.1) is 27.6 Å². The minimum atomic E-state index is -3.64. The average Bonchev–Trinajstić information content (AvgIpc) is 1.99. The molecule has 0 aromatic carbocycles. The summed E-state index contributed by atoms with van der Waals surface area (Å²) < 4.78 is 39.9. The van der Waals surface area contributed by atoms with E-state index in [2.05, 4.69) is 17.5 Å². The van der Waals surface area contributed by atoms with Gasteiger partial charge in [0.1, 0.15) is 0 Å². The van der Waals surface area contributed by atoms with E-state index < -0.39 is 18.3 Å². The Morgan fingerprint density at radius 1 is 1.00 bits per heavy atom. The Morgan fingerprint density at radius 3 is 1.42 bits per heavy atom. The lowest BCUT2D eigenvalue weighted by Crippen LogP contribution is -2.10. The van der Waals surface area contributed by atoms with Gasteiger partial charge in [0.15, 0.2) is 0 Å². The summed E-state index contributed by atoms with van der Waals surface area (Å²) in [4.78, 5) is 0. The highest BCUT2D eigenvalue weighted by Gasteiger charge is 2.50. The first-order chi connectivity index (χ1) is 5.39.